The van der Waals surface area contributed by atoms with Crippen molar-refractivity contribution in [3.8, 4) is 0 Å². The molecule has 0 N–H and O–H groups in total. The lowest BCUT2D eigenvalue weighted by molar-refractivity contribution is 1.03. The van der Waals surface area contributed by atoms with Crippen LogP contribution in [0.4, 0.5) is 0 Å². The van der Waals surface area contributed by atoms with E-state index in [1.165, 1.54) is 22.4 Å². The molecule has 1 unspecified atom stereocenters. The average molecular weight is 265 g/mol. The van der Waals surface area contributed by atoms with Crippen LogP contribution in [-0.2, 0) is 0 Å². The van der Waals surface area contributed by atoms with Gasteiger partial charge in [0, 0.05) is 19.9 Å². The molecule has 0 amide bonds. The van der Waals surface area contributed by atoms with Crippen molar-refractivity contribution in [2.45, 2.75) is 26.4 Å². The van der Waals surface area contributed by atoms with Gasteiger partial charge in [-0.2, -0.15) is 0 Å². The Kier molecular flexibility index (Phi) is 3.19. The Morgan fingerprint density at radius 2 is 2.16 bits per heavy atom. The second-order valence-electron chi connectivity index (χ2n) is 5.44. The first-order chi connectivity index (χ1) is 9.19. The molecule has 0 aromatic rings. The monoisotopic (exact) mass is 265 g/mol. The zero-order valence-electron chi connectivity index (χ0n) is 11.8. The molecule has 0 saturated carbocycles. The van der Waals surface area contributed by atoms with E-state index in [1.807, 2.05) is 0 Å². The predicted molar refractivity (Wildman–Crippen MR) is 86.2 cm³/mol. The third kappa shape index (κ3) is 2.21. The van der Waals surface area contributed by atoms with Gasteiger partial charge in [0.1, 0.15) is 0 Å². The predicted octanol–water partition coefficient (Wildman–Crippen LogP) is 3.85. The minimum atomic E-state index is -0.414. The van der Waals surface area contributed by atoms with Gasteiger partial charge in [0.15, 0.2) is 0 Å². The van der Waals surface area contributed by atoms with E-state index in [-0.39, 0.29) is 0 Å². The molecule has 0 aromatic heterocycles. The molecule has 1 atom stereocenters. The average Bonchev–Trinajstić information content (AvgIpc) is 3.02. The van der Waals surface area contributed by atoms with Gasteiger partial charge < -0.3 is 0 Å². The summed E-state index contributed by atoms with van der Waals surface area (Å²) in [5, 5.41) is 0. The maximum absolute atomic E-state index is 4.82. The summed E-state index contributed by atoms with van der Waals surface area (Å²) in [5.74, 6) is 0.412. The van der Waals surface area contributed by atoms with Crippen LogP contribution in [-0.4, -0.2) is 19.8 Å². The summed E-state index contributed by atoms with van der Waals surface area (Å²) < 4.78 is 0. The van der Waals surface area contributed by atoms with Gasteiger partial charge in [-0.1, -0.05) is 61.6 Å². The molecule has 0 saturated heterocycles. The first-order valence-corrected chi connectivity index (χ1v) is 9.52. The summed E-state index contributed by atoms with van der Waals surface area (Å²) in [7, 11) is -0.414. The fourth-order valence-corrected chi connectivity index (χ4v) is 3.55. The molecule has 0 aromatic carbocycles. The second kappa shape index (κ2) is 4.86. The summed E-state index contributed by atoms with van der Waals surface area (Å²) in [6.45, 7) is 6.84. The molecule has 0 spiro atoms. The number of nitrogens with zero attached hydrogens (tertiary/aromatic N) is 1. The van der Waals surface area contributed by atoms with E-state index in [0.29, 0.717) is 5.92 Å². The lowest BCUT2D eigenvalue weighted by Gasteiger charge is -2.10. The summed E-state index contributed by atoms with van der Waals surface area (Å²) in [4.78, 5) is 4.82. The largest absolute Gasteiger partial charge is 0.248 e. The van der Waals surface area contributed by atoms with Gasteiger partial charge in [0.2, 0.25) is 0 Å². The van der Waals surface area contributed by atoms with Crippen molar-refractivity contribution in [1.82, 2.24) is 0 Å². The highest BCUT2D eigenvalue weighted by Crippen LogP contribution is 2.37. The number of hydrogen-bond donors (Lipinski definition) is 0. The van der Waals surface area contributed by atoms with E-state index in [9.17, 15) is 0 Å². The summed E-state index contributed by atoms with van der Waals surface area (Å²) in [6, 6.07) is 0. The van der Waals surface area contributed by atoms with E-state index in [1.54, 1.807) is 0 Å². The lowest BCUT2D eigenvalue weighted by atomic mass is 9.93. The summed E-state index contributed by atoms with van der Waals surface area (Å²) >= 11 is 0. The molecular formula is C17H19NSi. The fourth-order valence-electron chi connectivity index (χ4n) is 2.78. The van der Waals surface area contributed by atoms with Crippen LogP contribution >= 0.6 is 0 Å². The Morgan fingerprint density at radius 1 is 1.32 bits per heavy atom. The van der Waals surface area contributed by atoms with Gasteiger partial charge >= 0.3 is 0 Å². The Bertz CT molecular complexity index is 632. The maximum Gasteiger partial charge on any atom is 0.0713 e. The number of allylic oxidation sites excluding steroid dienone is 8. The Morgan fingerprint density at radius 3 is 2.84 bits per heavy atom. The van der Waals surface area contributed by atoms with Gasteiger partial charge in [-0.25, -0.2) is 4.99 Å². The van der Waals surface area contributed by atoms with Gasteiger partial charge in [0.05, 0.1) is 11.4 Å². The molecule has 96 valence electrons. The fraction of sp³-hybridized carbons (Fsp3) is 0.294. The third-order valence-electron chi connectivity index (χ3n) is 3.68. The highest BCUT2D eigenvalue weighted by Gasteiger charge is 2.27. The van der Waals surface area contributed by atoms with Crippen LogP contribution in [0.2, 0.25) is 13.1 Å². The number of rotatable bonds is 3. The number of hydrogen-bond acceptors (Lipinski definition) is 1. The molecule has 3 aliphatic rings. The second-order valence-corrected chi connectivity index (χ2v) is 7.88. The Hall–Kier alpha value is -1.54. The topological polar surface area (TPSA) is 12.4 Å². The smallest absolute Gasteiger partial charge is 0.0713 e. The van der Waals surface area contributed by atoms with Gasteiger partial charge in [-0.15, -0.1) is 0 Å². The quantitative estimate of drug-likeness (QED) is 0.687. The van der Waals surface area contributed by atoms with E-state index in [0.717, 1.165) is 12.1 Å². The van der Waals surface area contributed by atoms with Crippen LogP contribution in [0.15, 0.2) is 63.9 Å². The van der Waals surface area contributed by atoms with Crippen molar-refractivity contribution in [3.05, 3.63) is 58.9 Å². The van der Waals surface area contributed by atoms with Crippen molar-refractivity contribution in [2.24, 2.45) is 10.9 Å². The van der Waals surface area contributed by atoms with Gasteiger partial charge in [0.25, 0.3) is 0 Å². The van der Waals surface area contributed by atoms with Crippen molar-refractivity contribution >= 4 is 19.8 Å². The van der Waals surface area contributed by atoms with Crippen LogP contribution in [0.5, 0.6) is 0 Å². The van der Waals surface area contributed by atoms with Crippen LogP contribution in [0.1, 0.15) is 13.3 Å². The number of fused-ring (bicyclic) bond motifs is 1. The summed E-state index contributed by atoms with van der Waals surface area (Å²) in [6.07, 6.45) is 14.5. The van der Waals surface area contributed by atoms with E-state index < -0.39 is 8.41 Å². The first-order valence-electron chi connectivity index (χ1n) is 6.95. The molecule has 0 fully saturated rings. The van der Waals surface area contributed by atoms with Crippen molar-refractivity contribution in [2.75, 3.05) is 0 Å². The molecular weight excluding hydrogens is 246 g/mol. The standard InChI is InChI=1S/C17H19NSi/c1-4-12-8-9-13(10-12)17-14-6-5-7-15(14)18-16(17)11-19(2)3/h5-11,13H,4H2,1-3H3. The Balaban J connectivity index is 2.05. The summed E-state index contributed by atoms with van der Waals surface area (Å²) in [5.41, 5.74) is 8.93. The third-order valence-corrected chi connectivity index (χ3v) is 4.53. The van der Waals surface area contributed by atoms with Crippen LogP contribution in [0.25, 0.3) is 0 Å². The highest BCUT2D eigenvalue weighted by atomic mass is 28.2. The molecule has 2 aliphatic carbocycles. The minimum Gasteiger partial charge on any atom is -0.248 e. The van der Waals surface area contributed by atoms with Crippen molar-refractivity contribution < 1.29 is 0 Å². The highest BCUT2D eigenvalue weighted by molar-refractivity contribution is 6.77. The molecule has 2 heteroatoms. The van der Waals surface area contributed by atoms with E-state index in [4.69, 9.17) is 4.99 Å². The molecule has 1 aliphatic heterocycles. The van der Waals surface area contributed by atoms with Crippen molar-refractivity contribution in [1.29, 1.82) is 0 Å². The zero-order chi connectivity index (χ0) is 13.4. The zero-order valence-corrected chi connectivity index (χ0v) is 12.8. The van der Waals surface area contributed by atoms with Crippen LogP contribution in [0.3, 0.4) is 0 Å². The van der Waals surface area contributed by atoms with Crippen LogP contribution < -0.4 is 0 Å². The SMILES string of the molecule is CCC1=CC(C2=C3C=CC=C3N=C2C=[Si](C)C)C=C1. The first kappa shape index (κ1) is 12.5. The molecule has 0 bridgehead atoms. The lowest BCUT2D eigenvalue weighted by Crippen LogP contribution is -2.13. The molecule has 0 radical (unpaired) electrons. The van der Waals surface area contributed by atoms with Crippen molar-refractivity contribution in [3.63, 3.8) is 0 Å². The maximum atomic E-state index is 4.82. The minimum absolute atomic E-state index is 0.412. The van der Waals surface area contributed by atoms with Crippen LogP contribution in [0, 0.1) is 5.92 Å². The van der Waals surface area contributed by atoms with Gasteiger partial charge in [-0.3, -0.25) is 0 Å². The molecule has 19 heavy (non-hydrogen) atoms. The van der Waals surface area contributed by atoms with Gasteiger partial charge in [-0.05, 0) is 18.1 Å². The molecule has 1 nitrogen and oxygen atoms in total. The van der Waals surface area contributed by atoms with E-state index in [2.05, 4.69) is 62.1 Å². The molecule has 1 heterocycles. The molecule has 3 rings (SSSR count). The normalized spacial score (nSPS) is 23.5. The van der Waals surface area contributed by atoms with E-state index >= 15 is 0 Å². The Labute approximate surface area is 116 Å². The number of aliphatic imine (C=N–C) groups is 1.